The number of amides is 2. The number of benzene rings is 2. The SMILES string of the molecule is CC(C)c1ccc(C(=O)N2CCN(C(=O)c3cc(Cl)ccc3F)CC2)cc1. The highest BCUT2D eigenvalue weighted by atomic mass is 35.5. The lowest BCUT2D eigenvalue weighted by Gasteiger charge is -2.35. The van der Waals surface area contributed by atoms with Gasteiger partial charge < -0.3 is 9.80 Å². The van der Waals surface area contributed by atoms with Crippen molar-refractivity contribution in [2.24, 2.45) is 0 Å². The molecule has 1 aliphatic rings. The predicted molar refractivity (Wildman–Crippen MR) is 104 cm³/mol. The van der Waals surface area contributed by atoms with Crippen LogP contribution in [0.1, 0.15) is 46.0 Å². The van der Waals surface area contributed by atoms with Crippen molar-refractivity contribution in [1.82, 2.24) is 9.80 Å². The highest BCUT2D eigenvalue weighted by Gasteiger charge is 2.27. The molecule has 0 bridgehead atoms. The first-order valence-electron chi connectivity index (χ1n) is 9.00. The lowest BCUT2D eigenvalue weighted by atomic mass is 10.0. The van der Waals surface area contributed by atoms with Crippen LogP contribution in [0.25, 0.3) is 0 Å². The van der Waals surface area contributed by atoms with Crippen molar-refractivity contribution >= 4 is 23.4 Å². The summed E-state index contributed by atoms with van der Waals surface area (Å²) in [4.78, 5) is 28.5. The van der Waals surface area contributed by atoms with Gasteiger partial charge in [-0.1, -0.05) is 37.6 Å². The van der Waals surface area contributed by atoms with Gasteiger partial charge in [0.05, 0.1) is 5.56 Å². The molecule has 2 amide bonds. The molecule has 1 aliphatic heterocycles. The lowest BCUT2D eigenvalue weighted by molar-refractivity contribution is 0.0533. The minimum atomic E-state index is -0.590. The zero-order valence-electron chi connectivity index (χ0n) is 15.4. The summed E-state index contributed by atoms with van der Waals surface area (Å²) in [5, 5.41) is 0.318. The standard InChI is InChI=1S/C21H22ClFN2O2/c1-14(2)15-3-5-16(6-4-15)20(26)24-9-11-25(12-10-24)21(27)18-13-17(22)7-8-19(18)23/h3-8,13-14H,9-12H2,1-2H3. The summed E-state index contributed by atoms with van der Waals surface area (Å²) in [7, 11) is 0. The average Bonchev–Trinajstić information content (AvgIpc) is 2.69. The molecule has 0 radical (unpaired) electrons. The van der Waals surface area contributed by atoms with Crippen LogP contribution in [0.5, 0.6) is 0 Å². The molecular weight excluding hydrogens is 367 g/mol. The number of carbonyl (C=O) groups excluding carboxylic acids is 2. The Morgan fingerprint density at radius 1 is 0.926 bits per heavy atom. The van der Waals surface area contributed by atoms with E-state index in [4.69, 9.17) is 11.6 Å². The Morgan fingerprint density at radius 2 is 1.48 bits per heavy atom. The van der Waals surface area contributed by atoms with E-state index in [0.717, 1.165) is 0 Å². The first kappa shape index (κ1) is 19.4. The van der Waals surface area contributed by atoms with Crippen molar-refractivity contribution in [2.75, 3.05) is 26.2 Å². The molecule has 2 aromatic carbocycles. The van der Waals surface area contributed by atoms with E-state index in [-0.39, 0.29) is 11.5 Å². The molecule has 1 fully saturated rings. The molecular formula is C21H22ClFN2O2. The van der Waals surface area contributed by atoms with Crippen LogP contribution >= 0.6 is 11.6 Å². The molecule has 27 heavy (non-hydrogen) atoms. The first-order chi connectivity index (χ1) is 12.9. The summed E-state index contributed by atoms with van der Waals surface area (Å²) in [6.45, 7) is 5.77. The van der Waals surface area contributed by atoms with E-state index in [2.05, 4.69) is 13.8 Å². The van der Waals surface area contributed by atoms with E-state index in [0.29, 0.717) is 42.7 Å². The molecule has 0 N–H and O–H groups in total. The average molecular weight is 389 g/mol. The molecule has 0 saturated carbocycles. The van der Waals surface area contributed by atoms with E-state index in [1.165, 1.54) is 23.8 Å². The van der Waals surface area contributed by atoms with E-state index in [9.17, 15) is 14.0 Å². The van der Waals surface area contributed by atoms with Gasteiger partial charge in [0.1, 0.15) is 5.82 Å². The monoisotopic (exact) mass is 388 g/mol. The van der Waals surface area contributed by atoms with Gasteiger partial charge in [-0.25, -0.2) is 4.39 Å². The second-order valence-corrected chi connectivity index (χ2v) is 7.42. The van der Waals surface area contributed by atoms with Crippen molar-refractivity contribution in [1.29, 1.82) is 0 Å². The van der Waals surface area contributed by atoms with Crippen molar-refractivity contribution in [2.45, 2.75) is 19.8 Å². The van der Waals surface area contributed by atoms with E-state index >= 15 is 0 Å². The topological polar surface area (TPSA) is 40.6 Å². The van der Waals surface area contributed by atoms with E-state index in [1.807, 2.05) is 24.3 Å². The molecule has 0 spiro atoms. The number of hydrogen-bond acceptors (Lipinski definition) is 2. The fraction of sp³-hybridized carbons (Fsp3) is 0.333. The number of halogens is 2. The predicted octanol–water partition coefficient (Wildman–Crippen LogP) is 4.20. The summed E-state index contributed by atoms with van der Waals surface area (Å²) >= 11 is 5.87. The third-order valence-electron chi connectivity index (χ3n) is 4.84. The Hall–Kier alpha value is -2.40. The Bertz CT molecular complexity index is 844. The molecule has 142 valence electrons. The normalized spacial score (nSPS) is 14.6. The third-order valence-corrected chi connectivity index (χ3v) is 5.07. The molecule has 0 unspecified atom stereocenters. The summed E-state index contributed by atoms with van der Waals surface area (Å²) in [5.74, 6) is -0.626. The van der Waals surface area contributed by atoms with Crippen molar-refractivity contribution in [3.05, 3.63) is 70.0 Å². The van der Waals surface area contributed by atoms with Crippen LogP contribution in [0.3, 0.4) is 0 Å². The second-order valence-electron chi connectivity index (χ2n) is 6.99. The highest BCUT2D eigenvalue weighted by molar-refractivity contribution is 6.31. The van der Waals surface area contributed by atoms with E-state index in [1.54, 1.807) is 9.80 Å². The fourth-order valence-electron chi connectivity index (χ4n) is 3.14. The van der Waals surface area contributed by atoms with Gasteiger partial charge in [-0.15, -0.1) is 0 Å². The van der Waals surface area contributed by atoms with Crippen LogP contribution in [-0.2, 0) is 0 Å². The summed E-state index contributed by atoms with van der Waals surface area (Å²) in [6, 6.07) is 11.6. The van der Waals surface area contributed by atoms with Gasteiger partial charge in [0.15, 0.2) is 0 Å². The summed E-state index contributed by atoms with van der Waals surface area (Å²) in [5.41, 5.74) is 1.79. The first-order valence-corrected chi connectivity index (χ1v) is 9.38. The number of nitrogens with zero attached hydrogens (tertiary/aromatic N) is 2. The van der Waals surface area contributed by atoms with Crippen LogP contribution in [0.15, 0.2) is 42.5 Å². The molecule has 4 nitrogen and oxygen atoms in total. The van der Waals surface area contributed by atoms with Gasteiger partial charge in [0, 0.05) is 36.8 Å². The minimum absolute atomic E-state index is 0.0356. The maximum Gasteiger partial charge on any atom is 0.257 e. The summed E-state index contributed by atoms with van der Waals surface area (Å²) in [6.07, 6.45) is 0. The maximum absolute atomic E-state index is 13.9. The highest BCUT2D eigenvalue weighted by Crippen LogP contribution is 2.19. The number of rotatable bonds is 3. The van der Waals surface area contributed by atoms with Gasteiger partial charge in [-0.05, 0) is 41.8 Å². The Labute approximate surface area is 163 Å². The lowest BCUT2D eigenvalue weighted by Crippen LogP contribution is -2.50. The summed E-state index contributed by atoms with van der Waals surface area (Å²) < 4.78 is 13.9. The van der Waals surface area contributed by atoms with Crippen molar-refractivity contribution in [3.8, 4) is 0 Å². The zero-order chi connectivity index (χ0) is 19.6. The van der Waals surface area contributed by atoms with Crippen molar-refractivity contribution in [3.63, 3.8) is 0 Å². The Balaban J connectivity index is 1.63. The zero-order valence-corrected chi connectivity index (χ0v) is 16.2. The van der Waals surface area contributed by atoms with Crippen LogP contribution in [0.4, 0.5) is 4.39 Å². The van der Waals surface area contributed by atoms with Crippen LogP contribution in [0.2, 0.25) is 5.02 Å². The fourth-order valence-corrected chi connectivity index (χ4v) is 3.31. The van der Waals surface area contributed by atoms with Gasteiger partial charge in [0.2, 0.25) is 0 Å². The maximum atomic E-state index is 13.9. The molecule has 1 saturated heterocycles. The largest absolute Gasteiger partial charge is 0.335 e. The number of carbonyl (C=O) groups is 2. The molecule has 2 aromatic rings. The van der Waals surface area contributed by atoms with Gasteiger partial charge in [-0.3, -0.25) is 9.59 Å². The quantitative estimate of drug-likeness (QED) is 0.790. The Kier molecular flexibility index (Phi) is 5.80. The number of hydrogen-bond donors (Lipinski definition) is 0. The molecule has 0 aliphatic carbocycles. The molecule has 0 aromatic heterocycles. The smallest absolute Gasteiger partial charge is 0.257 e. The van der Waals surface area contributed by atoms with Gasteiger partial charge in [-0.2, -0.15) is 0 Å². The van der Waals surface area contributed by atoms with Gasteiger partial charge in [0.25, 0.3) is 11.8 Å². The van der Waals surface area contributed by atoms with Crippen LogP contribution in [0, 0.1) is 5.82 Å². The van der Waals surface area contributed by atoms with Crippen molar-refractivity contribution < 1.29 is 14.0 Å². The molecule has 1 heterocycles. The second kappa shape index (κ2) is 8.09. The van der Waals surface area contributed by atoms with E-state index < -0.39 is 11.7 Å². The van der Waals surface area contributed by atoms with Crippen LogP contribution in [-0.4, -0.2) is 47.8 Å². The molecule has 0 atom stereocenters. The molecule has 3 rings (SSSR count). The Morgan fingerprint density at radius 3 is 2.04 bits per heavy atom. The number of piperazine rings is 1. The van der Waals surface area contributed by atoms with Crippen LogP contribution < -0.4 is 0 Å². The van der Waals surface area contributed by atoms with Gasteiger partial charge >= 0.3 is 0 Å². The molecule has 6 heteroatoms. The minimum Gasteiger partial charge on any atom is -0.335 e. The third kappa shape index (κ3) is 4.30.